The maximum absolute atomic E-state index is 11.6. The highest BCUT2D eigenvalue weighted by molar-refractivity contribution is 5.76. The molecule has 0 bridgehead atoms. The summed E-state index contributed by atoms with van der Waals surface area (Å²) in [6.07, 6.45) is 1.22. The first-order chi connectivity index (χ1) is 11.5. The molecule has 2 rings (SSSR count). The molecule has 0 spiro atoms. The van der Waals surface area contributed by atoms with E-state index in [2.05, 4.69) is 0 Å². The number of phenolic OH excluding ortho intramolecular Hbond substituents is 1. The Labute approximate surface area is 141 Å². The van der Waals surface area contributed by atoms with E-state index in [9.17, 15) is 15.0 Å². The highest BCUT2D eigenvalue weighted by atomic mass is 16.5. The number of ether oxygens (including phenoxy) is 2. The number of carbonyl (C=O) groups is 1. The van der Waals surface area contributed by atoms with Crippen LogP contribution in [0, 0.1) is 0 Å². The molecule has 0 aliphatic heterocycles. The second-order valence-electron chi connectivity index (χ2n) is 5.52. The number of methoxy groups -OCH3 is 1. The van der Waals surface area contributed by atoms with Gasteiger partial charge in [-0.05, 0) is 48.2 Å². The molecule has 2 aromatic rings. The average molecular weight is 330 g/mol. The molecule has 0 aliphatic rings. The third-order valence-electron chi connectivity index (χ3n) is 3.72. The molecule has 1 unspecified atom stereocenters. The summed E-state index contributed by atoms with van der Waals surface area (Å²) in [6.45, 7) is 2.62. The smallest absolute Gasteiger partial charge is 0.311 e. The van der Waals surface area contributed by atoms with Crippen LogP contribution in [0.25, 0.3) is 0 Å². The Hall–Kier alpha value is -2.69. The fraction of sp³-hybridized carbons (Fsp3) is 0.316. The van der Waals surface area contributed by atoms with Crippen LogP contribution in [-0.2, 0) is 11.2 Å². The lowest BCUT2D eigenvalue weighted by atomic mass is 9.92. The van der Waals surface area contributed by atoms with Crippen molar-refractivity contribution in [2.75, 3.05) is 13.7 Å². The first kappa shape index (κ1) is 17.7. The molecule has 2 N–H and O–H groups in total. The van der Waals surface area contributed by atoms with E-state index in [1.165, 1.54) is 12.1 Å². The second-order valence-corrected chi connectivity index (χ2v) is 5.52. The van der Waals surface area contributed by atoms with E-state index in [1.807, 2.05) is 13.0 Å². The van der Waals surface area contributed by atoms with E-state index in [0.717, 1.165) is 12.0 Å². The number of aromatic hydroxyl groups is 1. The van der Waals surface area contributed by atoms with Crippen molar-refractivity contribution in [1.82, 2.24) is 0 Å². The summed E-state index contributed by atoms with van der Waals surface area (Å²) >= 11 is 0. The molecule has 1 atom stereocenters. The van der Waals surface area contributed by atoms with Crippen molar-refractivity contribution in [3.05, 3.63) is 53.6 Å². The second kappa shape index (κ2) is 8.24. The molecule has 0 aliphatic carbocycles. The van der Waals surface area contributed by atoms with Crippen molar-refractivity contribution < 1.29 is 24.5 Å². The number of phenols is 1. The normalized spacial score (nSPS) is 11.8. The van der Waals surface area contributed by atoms with Gasteiger partial charge in [0.25, 0.3) is 0 Å². The minimum absolute atomic E-state index is 0.113. The molecule has 5 nitrogen and oxygen atoms in total. The summed E-state index contributed by atoms with van der Waals surface area (Å²) in [5.41, 5.74) is 1.49. The number of carboxylic acid groups (broad SMARTS) is 1. The van der Waals surface area contributed by atoms with Crippen LogP contribution in [0.3, 0.4) is 0 Å². The van der Waals surface area contributed by atoms with Gasteiger partial charge in [0.1, 0.15) is 5.75 Å². The number of hydrogen-bond donors (Lipinski definition) is 2. The van der Waals surface area contributed by atoms with E-state index in [-0.39, 0.29) is 5.75 Å². The zero-order chi connectivity index (χ0) is 17.5. The average Bonchev–Trinajstić information content (AvgIpc) is 2.59. The van der Waals surface area contributed by atoms with Gasteiger partial charge >= 0.3 is 5.97 Å². The monoisotopic (exact) mass is 330 g/mol. The summed E-state index contributed by atoms with van der Waals surface area (Å²) in [5.74, 6) is -0.249. The third kappa shape index (κ3) is 4.41. The SMILES string of the molecule is CCCOc1ccc(CC(C(=O)O)c2ccc(O)cc2)cc1OC. The van der Waals surface area contributed by atoms with E-state index in [0.29, 0.717) is 30.1 Å². The first-order valence-corrected chi connectivity index (χ1v) is 7.86. The lowest BCUT2D eigenvalue weighted by Gasteiger charge is -2.15. The highest BCUT2D eigenvalue weighted by Gasteiger charge is 2.21. The van der Waals surface area contributed by atoms with Gasteiger partial charge < -0.3 is 19.7 Å². The van der Waals surface area contributed by atoms with Crippen LogP contribution in [0.5, 0.6) is 17.2 Å². The highest BCUT2D eigenvalue weighted by Crippen LogP contribution is 2.31. The molecule has 2 aromatic carbocycles. The van der Waals surface area contributed by atoms with Crippen LogP contribution < -0.4 is 9.47 Å². The molecule has 0 radical (unpaired) electrons. The maximum atomic E-state index is 11.6. The Morgan fingerprint density at radius 1 is 1.12 bits per heavy atom. The summed E-state index contributed by atoms with van der Waals surface area (Å²) in [4.78, 5) is 11.6. The van der Waals surface area contributed by atoms with Gasteiger partial charge in [0, 0.05) is 0 Å². The zero-order valence-corrected chi connectivity index (χ0v) is 13.9. The Kier molecular flexibility index (Phi) is 6.07. The Morgan fingerprint density at radius 3 is 2.42 bits per heavy atom. The summed E-state index contributed by atoms with van der Waals surface area (Å²) in [5, 5.41) is 18.9. The van der Waals surface area contributed by atoms with Gasteiger partial charge in [-0.15, -0.1) is 0 Å². The maximum Gasteiger partial charge on any atom is 0.311 e. The predicted octanol–water partition coefficient (Wildman–Crippen LogP) is 3.60. The number of aliphatic carboxylic acids is 1. The number of rotatable bonds is 8. The first-order valence-electron chi connectivity index (χ1n) is 7.86. The predicted molar refractivity (Wildman–Crippen MR) is 91.0 cm³/mol. The van der Waals surface area contributed by atoms with Gasteiger partial charge in [0.05, 0.1) is 19.6 Å². The molecule has 0 aromatic heterocycles. The van der Waals surface area contributed by atoms with E-state index in [1.54, 1.807) is 31.4 Å². The minimum Gasteiger partial charge on any atom is -0.508 e. The van der Waals surface area contributed by atoms with Gasteiger partial charge in [0.2, 0.25) is 0 Å². The van der Waals surface area contributed by atoms with E-state index >= 15 is 0 Å². The molecule has 5 heteroatoms. The number of hydrogen-bond acceptors (Lipinski definition) is 4. The molecule has 0 fully saturated rings. The third-order valence-corrected chi connectivity index (χ3v) is 3.72. The summed E-state index contributed by atoms with van der Waals surface area (Å²) in [7, 11) is 1.56. The van der Waals surface area contributed by atoms with Crippen molar-refractivity contribution in [3.8, 4) is 17.2 Å². The van der Waals surface area contributed by atoms with Gasteiger partial charge in [-0.3, -0.25) is 4.79 Å². The van der Waals surface area contributed by atoms with Crippen molar-refractivity contribution in [3.63, 3.8) is 0 Å². The van der Waals surface area contributed by atoms with Crippen molar-refractivity contribution >= 4 is 5.97 Å². The molecule has 0 heterocycles. The molecule has 0 saturated carbocycles. The molecule has 0 amide bonds. The number of carboxylic acids is 1. The molecule has 0 saturated heterocycles. The van der Waals surface area contributed by atoms with Gasteiger partial charge in [-0.2, -0.15) is 0 Å². The van der Waals surface area contributed by atoms with E-state index < -0.39 is 11.9 Å². The molecular weight excluding hydrogens is 308 g/mol. The lowest BCUT2D eigenvalue weighted by molar-refractivity contribution is -0.138. The summed E-state index contributed by atoms with van der Waals surface area (Å²) < 4.78 is 11.0. The Balaban J connectivity index is 2.23. The minimum atomic E-state index is -0.911. The fourth-order valence-corrected chi connectivity index (χ4v) is 2.46. The van der Waals surface area contributed by atoms with Crippen LogP contribution in [-0.4, -0.2) is 29.9 Å². The molecule has 24 heavy (non-hydrogen) atoms. The topological polar surface area (TPSA) is 76.0 Å². The largest absolute Gasteiger partial charge is 0.508 e. The number of benzene rings is 2. The van der Waals surface area contributed by atoms with E-state index in [4.69, 9.17) is 9.47 Å². The standard InChI is InChI=1S/C19H22O5/c1-3-10-24-17-9-4-13(12-18(17)23-2)11-16(19(21)22)14-5-7-15(20)8-6-14/h4-9,12,16,20H,3,10-11H2,1-2H3,(H,21,22). The fourth-order valence-electron chi connectivity index (χ4n) is 2.46. The Morgan fingerprint density at radius 2 is 1.83 bits per heavy atom. The zero-order valence-electron chi connectivity index (χ0n) is 13.9. The lowest BCUT2D eigenvalue weighted by Crippen LogP contribution is -2.14. The van der Waals surface area contributed by atoms with Crippen molar-refractivity contribution in [1.29, 1.82) is 0 Å². The van der Waals surface area contributed by atoms with Crippen molar-refractivity contribution in [2.45, 2.75) is 25.7 Å². The van der Waals surface area contributed by atoms with Gasteiger partial charge in [0.15, 0.2) is 11.5 Å². The molecular formula is C19H22O5. The van der Waals surface area contributed by atoms with Crippen LogP contribution in [0.1, 0.15) is 30.4 Å². The Bertz CT molecular complexity index is 679. The van der Waals surface area contributed by atoms with Crippen molar-refractivity contribution in [2.24, 2.45) is 0 Å². The van der Waals surface area contributed by atoms with Gasteiger partial charge in [-0.25, -0.2) is 0 Å². The van der Waals surface area contributed by atoms with Crippen LogP contribution >= 0.6 is 0 Å². The molecule has 128 valence electrons. The summed E-state index contributed by atoms with van der Waals surface area (Å²) in [6, 6.07) is 11.7. The van der Waals surface area contributed by atoms with Crippen LogP contribution in [0.4, 0.5) is 0 Å². The van der Waals surface area contributed by atoms with Crippen LogP contribution in [0.2, 0.25) is 0 Å². The quantitative estimate of drug-likeness (QED) is 0.773. The van der Waals surface area contributed by atoms with Crippen LogP contribution in [0.15, 0.2) is 42.5 Å². The van der Waals surface area contributed by atoms with Gasteiger partial charge in [-0.1, -0.05) is 25.1 Å².